The highest BCUT2D eigenvalue weighted by Gasteiger charge is 2.28. The summed E-state index contributed by atoms with van der Waals surface area (Å²) in [6.45, 7) is 3.66. The van der Waals surface area contributed by atoms with Gasteiger partial charge in [-0.3, -0.25) is 9.69 Å². The number of carboxylic acid groups (broad SMARTS) is 1. The van der Waals surface area contributed by atoms with Gasteiger partial charge >= 0.3 is 5.97 Å². The molecule has 1 aromatic rings. The fraction of sp³-hybridized carbons (Fsp3) is 0.562. The van der Waals surface area contributed by atoms with E-state index in [1.54, 1.807) is 12.1 Å². The number of carboxylic acids is 1. The highest BCUT2D eigenvalue weighted by atomic mass is 19.1. The quantitative estimate of drug-likeness (QED) is 0.901. The molecular weight excluding hydrogens is 257 g/mol. The summed E-state index contributed by atoms with van der Waals surface area (Å²) in [4.78, 5) is 13.4. The molecule has 1 saturated heterocycles. The van der Waals surface area contributed by atoms with Crippen molar-refractivity contribution < 1.29 is 14.3 Å². The first kappa shape index (κ1) is 15.0. The number of rotatable bonds is 5. The van der Waals surface area contributed by atoms with Gasteiger partial charge in [0.2, 0.25) is 0 Å². The van der Waals surface area contributed by atoms with E-state index < -0.39 is 5.97 Å². The van der Waals surface area contributed by atoms with Gasteiger partial charge in [0.1, 0.15) is 5.82 Å². The maximum absolute atomic E-state index is 13.2. The van der Waals surface area contributed by atoms with Crippen LogP contribution in [0.15, 0.2) is 24.3 Å². The average molecular weight is 279 g/mol. The third kappa shape index (κ3) is 3.79. The molecule has 1 fully saturated rings. The topological polar surface area (TPSA) is 40.5 Å². The summed E-state index contributed by atoms with van der Waals surface area (Å²) in [7, 11) is 0. The van der Waals surface area contributed by atoms with Crippen LogP contribution in [0.4, 0.5) is 4.39 Å². The van der Waals surface area contributed by atoms with E-state index in [9.17, 15) is 9.18 Å². The van der Waals surface area contributed by atoms with Crippen molar-refractivity contribution in [3.63, 3.8) is 0 Å². The fourth-order valence-electron chi connectivity index (χ4n) is 3.01. The zero-order chi connectivity index (χ0) is 14.5. The first-order valence-corrected chi connectivity index (χ1v) is 7.31. The summed E-state index contributed by atoms with van der Waals surface area (Å²) in [5.41, 5.74) is 0.981. The summed E-state index contributed by atoms with van der Waals surface area (Å²) < 4.78 is 13.2. The van der Waals surface area contributed by atoms with Crippen LogP contribution in [0.5, 0.6) is 0 Å². The van der Waals surface area contributed by atoms with E-state index in [1.165, 1.54) is 6.07 Å². The highest BCUT2D eigenvalue weighted by Crippen LogP contribution is 2.22. The summed E-state index contributed by atoms with van der Waals surface area (Å²) in [6.07, 6.45) is 3.42. The van der Waals surface area contributed by atoms with Crippen molar-refractivity contribution in [1.82, 2.24) is 4.90 Å². The number of benzene rings is 1. The van der Waals surface area contributed by atoms with Gasteiger partial charge in [0.15, 0.2) is 0 Å². The molecule has 20 heavy (non-hydrogen) atoms. The minimum Gasteiger partial charge on any atom is -0.481 e. The Morgan fingerprint density at radius 3 is 3.00 bits per heavy atom. The van der Waals surface area contributed by atoms with E-state index in [4.69, 9.17) is 5.11 Å². The van der Waals surface area contributed by atoms with Crippen LogP contribution in [0, 0.1) is 11.7 Å². The molecule has 0 saturated carbocycles. The van der Waals surface area contributed by atoms with Crippen LogP contribution < -0.4 is 0 Å². The first-order chi connectivity index (χ1) is 9.60. The minimum atomic E-state index is -0.699. The third-order valence-corrected chi connectivity index (χ3v) is 4.15. The van der Waals surface area contributed by atoms with E-state index in [-0.39, 0.29) is 11.7 Å². The molecule has 1 aliphatic rings. The van der Waals surface area contributed by atoms with E-state index >= 15 is 0 Å². The predicted molar refractivity (Wildman–Crippen MR) is 76.1 cm³/mol. The van der Waals surface area contributed by atoms with Crippen molar-refractivity contribution in [3.05, 3.63) is 35.6 Å². The molecule has 1 aromatic carbocycles. The Labute approximate surface area is 119 Å². The Hall–Kier alpha value is -1.42. The molecule has 4 heteroatoms. The lowest BCUT2D eigenvalue weighted by molar-refractivity contribution is -0.143. The maximum Gasteiger partial charge on any atom is 0.307 e. The number of hydrogen-bond donors (Lipinski definition) is 1. The van der Waals surface area contributed by atoms with Crippen LogP contribution in [0.25, 0.3) is 0 Å². The SMILES string of the molecule is CCC(Cc1cccc(F)c1)N1CCCC(C(=O)O)C1. The molecule has 0 aromatic heterocycles. The monoisotopic (exact) mass is 279 g/mol. The van der Waals surface area contributed by atoms with E-state index in [1.807, 2.05) is 6.07 Å². The molecule has 1 aliphatic heterocycles. The Bertz CT molecular complexity index is 464. The van der Waals surface area contributed by atoms with Crippen molar-refractivity contribution in [3.8, 4) is 0 Å². The molecule has 3 nitrogen and oxygen atoms in total. The van der Waals surface area contributed by atoms with Crippen LogP contribution in [-0.4, -0.2) is 35.1 Å². The Morgan fingerprint density at radius 2 is 2.35 bits per heavy atom. The van der Waals surface area contributed by atoms with E-state index in [0.29, 0.717) is 12.6 Å². The lowest BCUT2D eigenvalue weighted by Gasteiger charge is -2.36. The van der Waals surface area contributed by atoms with Gasteiger partial charge in [-0.1, -0.05) is 19.1 Å². The molecule has 2 unspecified atom stereocenters. The van der Waals surface area contributed by atoms with Crippen LogP contribution in [0.3, 0.4) is 0 Å². The van der Waals surface area contributed by atoms with Gasteiger partial charge < -0.3 is 5.11 Å². The number of carbonyl (C=O) groups is 1. The van der Waals surface area contributed by atoms with Crippen LogP contribution in [0.2, 0.25) is 0 Å². The molecule has 2 atom stereocenters. The second-order valence-corrected chi connectivity index (χ2v) is 5.57. The Balaban J connectivity index is 2.02. The number of nitrogens with zero attached hydrogens (tertiary/aromatic N) is 1. The van der Waals surface area contributed by atoms with Gasteiger partial charge in [-0.05, 0) is 49.9 Å². The van der Waals surface area contributed by atoms with Crippen molar-refractivity contribution >= 4 is 5.97 Å². The molecule has 0 spiro atoms. The van der Waals surface area contributed by atoms with Crippen molar-refractivity contribution in [2.75, 3.05) is 13.1 Å². The van der Waals surface area contributed by atoms with Gasteiger partial charge in [0.25, 0.3) is 0 Å². The first-order valence-electron chi connectivity index (χ1n) is 7.31. The molecular formula is C16H22FNO2. The Morgan fingerprint density at radius 1 is 1.55 bits per heavy atom. The van der Waals surface area contributed by atoms with E-state index in [2.05, 4.69) is 11.8 Å². The third-order valence-electron chi connectivity index (χ3n) is 4.15. The van der Waals surface area contributed by atoms with Gasteiger partial charge in [-0.25, -0.2) is 4.39 Å². The van der Waals surface area contributed by atoms with Gasteiger partial charge in [-0.2, -0.15) is 0 Å². The zero-order valence-corrected chi connectivity index (χ0v) is 11.9. The van der Waals surface area contributed by atoms with Crippen LogP contribution in [0.1, 0.15) is 31.7 Å². The Kier molecular flexibility index (Phi) is 5.12. The normalized spacial score (nSPS) is 21.6. The molecule has 0 radical (unpaired) electrons. The van der Waals surface area contributed by atoms with E-state index in [0.717, 1.165) is 37.8 Å². The van der Waals surface area contributed by atoms with Gasteiger partial charge in [-0.15, -0.1) is 0 Å². The molecule has 2 rings (SSSR count). The lowest BCUT2D eigenvalue weighted by atomic mass is 9.94. The molecule has 0 aliphatic carbocycles. The highest BCUT2D eigenvalue weighted by molar-refractivity contribution is 5.70. The number of halogens is 1. The number of likely N-dealkylation sites (tertiary alicyclic amines) is 1. The molecule has 1 heterocycles. The number of piperidine rings is 1. The lowest BCUT2D eigenvalue weighted by Crippen LogP contribution is -2.45. The second kappa shape index (κ2) is 6.84. The van der Waals surface area contributed by atoms with Gasteiger partial charge in [0, 0.05) is 12.6 Å². The molecule has 0 bridgehead atoms. The zero-order valence-electron chi connectivity index (χ0n) is 11.9. The van der Waals surface area contributed by atoms with Crippen molar-refractivity contribution in [2.45, 2.75) is 38.6 Å². The standard InChI is InChI=1S/C16H22FNO2/c1-2-15(10-12-5-3-7-14(17)9-12)18-8-4-6-13(11-18)16(19)20/h3,5,7,9,13,15H,2,4,6,8,10-11H2,1H3,(H,19,20). The average Bonchev–Trinajstić information content (AvgIpc) is 2.45. The van der Waals surface area contributed by atoms with Crippen molar-refractivity contribution in [1.29, 1.82) is 0 Å². The summed E-state index contributed by atoms with van der Waals surface area (Å²) in [5, 5.41) is 9.16. The number of aliphatic carboxylic acids is 1. The summed E-state index contributed by atoms with van der Waals surface area (Å²) in [6, 6.07) is 6.98. The smallest absolute Gasteiger partial charge is 0.307 e. The summed E-state index contributed by atoms with van der Waals surface area (Å²) >= 11 is 0. The summed E-state index contributed by atoms with van der Waals surface area (Å²) in [5.74, 6) is -1.17. The van der Waals surface area contributed by atoms with Crippen LogP contribution in [-0.2, 0) is 11.2 Å². The molecule has 110 valence electrons. The molecule has 1 N–H and O–H groups in total. The minimum absolute atomic E-state index is 0.209. The predicted octanol–water partition coefficient (Wildman–Crippen LogP) is 2.94. The fourth-order valence-corrected chi connectivity index (χ4v) is 3.01. The van der Waals surface area contributed by atoms with Crippen molar-refractivity contribution in [2.24, 2.45) is 5.92 Å². The largest absolute Gasteiger partial charge is 0.481 e. The second-order valence-electron chi connectivity index (χ2n) is 5.57. The maximum atomic E-state index is 13.2. The van der Waals surface area contributed by atoms with Crippen LogP contribution >= 0.6 is 0 Å². The van der Waals surface area contributed by atoms with Gasteiger partial charge in [0.05, 0.1) is 5.92 Å². The number of hydrogen-bond acceptors (Lipinski definition) is 2. The molecule has 0 amide bonds.